The molecule has 1 heterocycles. The van der Waals surface area contributed by atoms with Gasteiger partial charge in [-0.15, -0.1) is 0 Å². The second kappa shape index (κ2) is 8.52. The fraction of sp³-hybridized carbons (Fsp3) is 0.588. The molecule has 3 atom stereocenters. The van der Waals surface area contributed by atoms with E-state index in [-0.39, 0.29) is 18.1 Å². The van der Waals surface area contributed by atoms with Gasteiger partial charge in [-0.05, 0) is 37.5 Å². The van der Waals surface area contributed by atoms with E-state index in [2.05, 4.69) is 5.32 Å². The fourth-order valence-electron chi connectivity index (χ4n) is 2.89. The molecule has 0 radical (unpaired) electrons. The zero-order valence-electron chi connectivity index (χ0n) is 13.7. The molecule has 0 bridgehead atoms. The van der Waals surface area contributed by atoms with Crippen LogP contribution in [0, 0.1) is 0 Å². The van der Waals surface area contributed by atoms with Gasteiger partial charge in [0.1, 0.15) is 0 Å². The first-order valence-electron chi connectivity index (χ1n) is 8.09. The molecule has 2 rings (SSSR count). The molecule has 5 nitrogen and oxygen atoms in total. The summed E-state index contributed by atoms with van der Waals surface area (Å²) in [4.78, 5) is 14.4. The topological polar surface area (TPSA) is 61.8 Å². The second-order valence-electron chi connectivity index (χ2n) is 5.97. The summed E-state index contributed by atoms with van der Waals surface area (Å²) in [6, 6.07) is 7.25. The molecule has 1 aromatic rings. The SMILES string of the molecule is CC[C@H](NC(=O)N1CCOC[C@H]1C[C@@H](C)O)c1cccc(Cl)c1. The number of hydrogen-bond donors (Lipinski definition) is 2. The zero-order valence-corrected chi connectivity index (χ0v) is 14.4. The lowest BCUT2D eigenvalue weighted by Crippen LogP contribution is -2.53. The van der Waals surface area contributed by atoms with E-state index in [1.807, 2.05) is 31.2 Å². The van der Waals surface area contributed by atoms with Gasteiger partial charge in [0.2, 0.25) is 0 Å². The summed E-state index contributed by atoms with van der Waals surface area (Å²) in [6.45, 7) is 5.28. The van der Waals surface area contributed by atoms with Gasteiger partial charge < -0.3 is 20.1 Å². The lowest BCUT2D eigenvalue weighted by molar-refractivity contribution is -0.00486. The molecule has 6 heteroatoms. The zero-order chi connectivity index (χ0) is 16.8. The first kappa shape index (κ1) is 18.0. The molecule has 1 fully saturated rings. The van der Waals surface area contributed by atoms with E-state index in [1.165, 1.54) is 0 Å². The molecule has 1 aliphatic heterocycles. The van der Waals surface area contributed by atoms with Crippen LogP contribution < -0.4 is 5.32 Å². The van der Waals surface area contributed by atoms with Crippen molar-refractivity contribution in [2.24, 2.45) is 0 Å². The predicted octanol–water partition coefficient (Wildman–Crippen LogP) is 2.97. The number of amides is 2. The second-order valence-corrected chi connectivity index (χ2v) is 6.41. The van der Waals surface area contributed by atoms with E-state index >= 15 is 0 Å². The molecule has 23 heavy (non-hydrogen) atoms. The monoisotopic (exact) mass is 340 g/mol. The molecular formula is C17H25ClN2O3. The van der Waals surface area contributed by atoms with Crippen LogP contribution in [0.2, 0.25) is 5.02 Å². The molecule has 1 saturated heterocycles. The van der Waals surface area contributed by atoms with Gasteiger partial charge in [-0.2, -0.15) is 0 Å². The van der Waals surface area contributed by atoms with E-state index in [9.17, 15) is 9.90 Å². The van der Waals surface area contributed by atoms with Gasteiger partial charge in [0.15, 0.2) is 0 Å². The number of morpholine rings is 1. The maximum Gasteiger partial charge on any atom is 0.318 e. The summed E-state index contributed by atoms with van der Waals surface area (Å²) >= 11 is 6.04. The third-order valence-electron chi connectivity index (χ3n) is 4.06. The van der Waals surface area contributed by atoms with Gasteiger partial charge in [-0.3, -0.25) is 0 Å². The molecule has 2 amide bonds. The van der Waals surface area contributed by atoms with Crippen LogP contribution in [-0.4, -0.2) is 47.9 Å². The van der Waals surface area contributed by atoms with Crippen LogP contribution in [0.25, 0.3) is 0 Å². The summed E-state index contributed by atoms with van der Waals surface area (Å²) in [5.41, 5.74) is 0.994. The highest BCUT2D eigenvalue weighted by Crippen LogP contribution is 2.21. The van der Waals surface area contributed by atoms with Gasteiger partial charge in [-0.25, -0.2) is 4.79 Å². The first-order valence-corrected chi connectivity index (χ1v) is 8.47. The van der Waals surface area contributed by atoms with Gasteiger partial charge in [0, 0.05) is 11.6 Å². The molecule has 1 aliphatic rings. The maximum atomic E-state index is 12.7. The van der Waals surface area contributed by atoms with Crippen LogP contribution in [0.1, 0.15) is 38.3 Å². The molecule has 0 saturated carbocycles. The minimum absolute atomic E-state index is 0.0868. The van der Waals surface area contributed by atoms with Crippen molar-refractivity contribution in [1.29, 1.82) is 0 Å². The number of urea groups is 1. The van der Waals surface area contributed by atoms with Gasteiger partial charge >= 0.3 is 6.03 Å². The molecule has 0 spiro atoms. The van der Waals surface area contributed by atoms with E-state index in [4.69, 9.17) is 16.3 Å². The lowest BCUT2D eigenvalue weighted by Gasteiger charge is -2.37. The Balaban J connectivity index is 2.05. The van der Waals surface area contributed by atoms with Gasteiger partial charge in [0.25, 0.3) is 0 Å². The minimum Gasteiger partial charge on any atom is -0.393 e. The standard InChI is InChI=1S/C17H25ClN2O3/c1-3-16(13-5-4-6-14(18)10-13)19-17(22)20-7-8-23-11-15(20)9-12(2)21/h4-6,10,12,15-16,21H,3,7-9,11H2,1-2H3,(H,19,22)/t12-,15-,16+/m1/s1. The Kier molecular flexibility index (Phi) is 6.69. The van der Waals surface area contributed by atoms with Crippen LogP contribution in [0.5, 0.6) is 0 Å². The Bertz CT molecular complexity index is 524. The van der Waals surface area contributed by atoms with E-state index in [1.54, 1.807) is 11.8 Å². The number of benzene rings is 1. The van der Waals surface area contributed by atoms with Crippen molar-refractivity contribution in [3.8, 4) is 0 Å². The number of carbonyl (C=O) groups excluding carboxylic acids is 1. The maximum absolute atomic E-state index is 12.7. The van der Waals surface area contributed by atoms with Crippen LogP contribution >= 0.6 is 11.6 Å². The van der Waals surface area contributed by atoms with Crippen LogP contribution in [0.15, 0.2) is 24.3 Å². The largest absolute Gasteiger partial charge is 0.393 e. The number of hydrogen-bond acceptors (Lipinski definition) is 3. The quantitative estimate of drug-likeness (QED) is 0.866. The molecule has 128 valence electrons. The van der Waals surface area contributed by atoms with Crippen molar-refractivity contribution < 1.29 is 14.6 Å². The summed E-state index contributed by atoms with van der Waals surface area (Å²) in [6.07, 6.45) is 0.825. The Labute approximate surface area is 142 Å². The molecule has 0 aliphatic carbocycles. The van der Waals surface area contributed by atoms with E-state index in [0.717, 1.165) is 12.0 Å². The number of aliphatic hydroxyl groups excluding tert-OH is 1. The first-order chi connectivity index (χ1) is 11.0. The van der Waals surface area contributed by atoms with E-state index in [0.29, 0.717) is 31.2 Å². The lowest BCUT2D eigenvalue weighted by atomic mass is 10.0. The summed E-state index contributed by atoms with van der Waals surface area (Å²) in [5, 5.41) is 13.3. The Morgan fingerprint density at radius 2 is 2.35 bits per heavy atom. The number of aliphatic hydroxyl groups is 1. The van der Waals surface area contributed by atoms with Gasteiger partial charge in [-0.1, -0.05) is 30.7 Å². The van der Waals surface area contributed by atoms with Crippen molar-refractivity contribution in [3.63, 3.8) is 0 Å². The molecule has 2 N–H and O–H groups in total. The van der Waals surface area contributed by atoms with Crippen LogP contribution in [-0.2, 0) is 4.74 Å². The third-order valence-corrected chi connectivity index (χ3v) is 4.29. The highest BCUT2D eigenvalue weighted by atomic mass is 35.5. The number of rotatable bonds is 5. The van der Waals surface area contributed by atoms with Crippen LogP contribution in [0.3, 0.4) is 0 Å². The Morgan fingerprint density at radius 1 is 1.57 bits per heavy atom. The van der Waals surface area contributed by atoms with E-state index < -0.39 is 6.10 Å². The van der Waals surface area contributed by atoms with Crippen molar-refractivity contribution in [1.82, 2.24) is 10.2 Å². The molecule has 0 aromatic heterocycles. The summed E-state index contributed by atoms with van der Waals surface area (Å²) in [5.74, 6) is 0. The van der Waals surface area contributed by atoms with Crippen molar-refractivity contribution in [3.05, 3.63) is 34.9 Å². The van der Waals surface area contributed by atoms with Crippen molar-refractivity contribution in [2.75, 3.05) is 19.8 Å². The van der Waals surface area contributed by atoms with Crippen molar-refractivity contribution in [2.45, 2.75) is 44.9 Å². The number of carbonyl (C=O) groups is 1. The molecule has 1 aromatic carbocycles. The molecular weight excluding hydrogens is 316 g/mol. The van der Waals surface area contributed by atoms with Crippen molar-refractivity contribution >= 4 is 17.6 Å². The third kappa shape index (κ3) is 5.09. The number of nitrogens with one attached hydrogen (secondary N) is 1. The van der Waals surface area contributed by atoms with Gasteiger partial charge in [0.05, 0.1) is 31.4 Å². The van der Waals surface area contributed by atoms with Crippen LogP contribution in [0.4, 0.5) is 4.79 Å². The Morgan fingerprint density at radius 3 is 3.00 bits per heavy atom. The summed E-state index contributed by atoms with van der Waals surface area (Å²) < 4.78 is 5.44. The molecule has 0 unspecified atom stereocenters. The highest BCUT2D eigenvalue weighted by molar-refractivity contribution is 6.30. The Hall–Kier alpha value is -1.30. The smallest absolute Gasteiger partial charge is 0.318 e. The average molecular weight is 341 g/mol. The fourth-order valence-corrected chi connectivity index (χ4v) is 3.09. The minimum atomic E-state index is -0.466. The number of ether oxygens (including phenoxy) is 1. The highest BCUT2D eigenvalue weighted by Gasteiger charge is 2.29. The number of nitrogens with zero attached hydrogens (tertiary/aromatic N) is 1. The predicted molar refractivity (Wildman–Crippen MR) is 90.6 cm³/mol. The number of halogens is 1. The normalized spacial score (nSPS) is 20.9. The average Bonchev–Trinajstić information content (AvgIpc) is 2.52. The summed E-state index contributed by atoms with van der Waals surface area (Å²) in [7, 11) is 0.